The fourth-order valence-electron chi connectivity index (χ4n) is 8.67. The van der Waals surface area contributed by atoms with Gasteiger partial charge in [0.1, 0.15) is 11.2 Å². The molecule has 0 aliphatic carbocycles. The smallest absolute Gasteiger partial charge is 0.164 e. The third-order valence-corrected chi connectivity index (χ3v) is 11.9. The maximum absolute atomic E-state index is 6.68. The van der Waals surface area contributed by atoms with Gasteiger partial charge in [-0.15, -0.1) is 0 Å². The van der Waals surface area contributed by atoms with Gasteiger partial charge in [0.05, 0.1) is 11.2 Å². The van der Waals surface area contributed by atoms with Crippen LogP contribution >= 0.6 is 0 Å². The molecule has 0 bridgehead atoms. The topological polar surface area (TPSA) is 64.7 Å². The van der Waals surface area contributed by atoms with Crippen LogP contribution in [0.15, 0.2) is 223 Å². The molecule has 3 aromatic heterocycles. The highest BCUT2D eigenvalue weighted by molar-refractivity contribution is 6.27. The summed E-state index contributed by atoms with van der Waals surface area (Å²) in [4.78, 5) is 20.5. The Hall–Kier alpha value is -8.54. The fourth-order valence-corrected chi connectivity index (χ4v) is 8.67. The number of fused-ring (bicyclic) bond motifs is 6. The molecular formula is C59H40N4O. The fraction of sp³-hybridized carbons (Fsp3) is 0.0169. The number of furan rings is 1. The van der Waals surface area contributed by atoms with E-state index in [1.807, 2.05) is 49.4 Å². The molecular weight excluding hydrogens is 781 g/mol. The van der Waals surface area contributed by atoms with Gasteiger partial charge in [-0.1, -0.05) is 201 Å². The number of benzene rings is 8. The van der Waals surface area contributed by atoms with Gasteiger partial charge in [-0.05, 0) is 58.5 Å². The average Bonchev–Trinajstić information content (AvgIpc) is 3.74. The monoisotopic (exact) mass is 820 g/mol. The van der Waals surface area contributed by atoms with E-state index in [0.29, 0.717) is 17.5 Å². The second kappa shape index (κ2) is 16.4. The van der Waals surface area contributed by atoms with Crippen molar-refractivity contribution in [3.8, 4) is 67.4 Å². The Bertz CT molecular complexity index is 3590. The van der Waals surface area contributed by atoms with Gasteiger partial charge in [0.25, 0.3) is 0 Å². The first kappa shape index (κ1) is 38.4. The molecule has 0 atom stereocenters. The van der Waals surface area contributed by atoms with Crippen molar-refractivity contribution in [1.82, 2.24) is 19.9 Å². The molecule has 0 amide bonds. The van der Waals surface area contributed by atoms with Gasteiger partial charge >= 0.3 is 0 Å². The molecule has 5 nitrogen and oxygen atoms in total. The van der Waals surface area contributed by atoms with Crippen LogP contribution in [0.3, 0.4) is 0 Å². The van der Waals surface area contributed by atoms with Crippen molar-refractivity contribution in [3.05, 3.63) is 225 Å². The minimum Gasteiger partial charge on any atom is -0.456 e. The lowest BCUT2D eigenvalue weighted by molar-refractivity contribution is 0.669. The molecule has 11 aromatic rings. The summed E-state index contributed by atoms with van der Waals surface area (Å²) in [6.45, 7) is 5.84. The van der Waals surface area contributed by atoms with Gasteiger partial charge in [0.15, 0.2) is 17.5 Å². The van der Waals surface area contributed by atoms with E-state index in [2.05, 4.69) is 170 Å². The van der Waals surface area contributed by atoms with E-state index in [1.54, 1.807) is 6.08 Å². The SMILES string of the molecule is C=C/C=C\C=C(/C)c1nc(-c2ccc(-c3ccccc3)cc2)nc(-c2ccc(-c3c4c(cc5c(-c6ccc(-c7ccccc7)cc6)nc6ccccc6c35)oc3ccccc34)cc2)n1. The normalized spacial score (nSPS) is 11.9. The van der Waals surface area contributed by atoms with Crippen molar-refractivity contribution < 1.29 is 4.42 Å². The van der Waals surface area contributed by atoms with E-state index in [1.165, 1.54) is 5.56 Å². The first-order valence-electron chi connectivity index (χ1n) is 21.4. The van der Waals surface area contributed by atoms with Crippen molar-refractivity contribution in [1.29, 1.82) is 0 Å². The molecule has 0 N–H and O–H groups in total. The van der Waals surface area contributed by atoms with Crippen molar-refractivity contribution in [2.75, 3.05) is 0 Å². The zero-order chi connectivity index (χ0) is 43.0. The molecule has 3 heterocycles. The minimum absolute atomic E-state index is 0.590. The quantitative estimate of drug-likeness (QED) is 0.107. The summed E-state index contributed by atoms with van der Waals surface area (Å²) in [5, 5.41) is 5.35. The summed E-state index contributed by atoms with van der Waals surface area (Å²) < 4.78 is 6.68. The molecule has 0 radical (unpaired) electrons. The predicted octanol–water partition coefficient (Wildman–Crippen LogP) is 15.6. The molecule has 0 fully saturated rings. The van der Waals surface area contributed by atoms with E-state index < -0.39 is 0 Å². The van der Waals surface area contributed by atoms with Crippen LogP contribution in [0.5, 0.6) is 0 Å². The number of pyridine rings is 1. The van der Waals surface area contributed by atoms with Crippen LogP contribution in [0, 0.1) is 0 Å². The first-order valence-corrected chi connectivity index (χ1v) is 21.4. The Kier molecular flexibility index (Phi) is 9.83. The first-order chi connectivity index (χ1) is 31.6. The van der Waals surface area contributed by atoms with Crippen LogP contribution in [0.25, 0.3) is 117 Å². The molecule has 0 saturated carbocycles. The van der Waals surface area contributed by atoms with E-state index >= 15 is 0 Å². The lowest BCUT2D eigenvalue weighted by Crippen LogP contribution is -2.02. The van der Waals surface area contributed by atoms with Crippen molar-refractivity contribution >= 4 is 49.2 Å². The third kappa shape index (κ3) is 7.05. The van der Waals surface area contributed by atoms with Gasteiger partial charge in [0.2, 0.25) is 0 Å². The molecule has 8 aromatic carbocycles. The number of nitrogens with zero attached hydrogens (tertiary/aromatic N) is 4. The van der Waals surface area contributed by atoms with Crippen LogP contribution in [0.2, 0.25) is 0 Å². The molecule has 302 valence electrons. The summed E-state index contributed by atoms with van der Waals surface area (Å²) >= 11 is 0. The summed E-state index contributed by atoms with van der Waals surface area (Å²) in [7, 11) is 0. The molecule has 11 rings (SSSR count). The van der Waals surface area contributed by atoms with E-state index in [0.717, 1.165) is 99.4 Å². The average molecular weight is 821 g/mol. The van der Waals surface area contributed by atoms with E-state index in [4.69, 9.17) is 24.4 Å². The van der Waals surface area contributed by atoms with Crippen LogP contribution in [0.1, 0.15) is 12.7 Å². The van der Waals surface area contributed by atoms with Gasteiger partial charge in [-0.2, -0.15) is 0 Å². The second-order valence-electron chi connectivity index (χ2n) is 15.9. The number of hydrogen-bond donors (Lipinski definition) is 0. The largest absolute Gasteiger partial charge is 0.456 e. The highest BCUT2D eigenvalue weighted by Gasteiger charge is 2.22. The summed E-state index contributed by atoms with van der Waals surface area (Å²) in [5.41, 5.74) is 14.0. The Balaban J connectivity index is 1.09. The summed E-state index contributed by atoms with van der Waals surface area (Å²) in [6.07, 6.45) is 7.59. The van der Waals surface area contributed by atoms with Gasteiger partial charge in [-0.3, -0.25) is 0 Å². The number of rotatable bonds is 9. The number of hydrogen-bond acceptors (Lipinski definition) is 5. The summed E-state index contributed by atoms with van der Waals surface area (Å²) in [5.74, 6) is 1.80. The lowest BCUT2D eigenvalue weighted by Gasteiger charge is -2.16. The maximum atomic E-state index is 6.68. The van der Waals surface area contributed by atoms with Gasteiger partial charge in [-0.25, -0.2) is 19.9 Å². The standard InChI is InChI=1S/C59H40N4O/c1-3-4-7-16-38(2)57-61-58(45-33-27-42(28-34-45)40-19-10-6-11-20-40)63-59(62-57)46-35-29-43(30-36-46)53-54-47-21-12-14-23-50(47)60-56(44-31-25-41(26-32-44)39-17-8-5-9-18-39)49(54)37-52-55(53)48-22-13-15-24-51(48)64-52/h3-37H,1H2,2H3/b7-4-,38-16+. The van der Waals surface area contributed by atoms with Crippen molar-refractivity contribution in [3.63, 3.8) is 0 Å². The molecule has 5 heteroatoms. The van der Waals surface area contributed by atoms with Crippen molar-refractivity contribution in [2.24, 2.45) is 0 Å². The molecule has 0 spiro atoms. The molecule has 64 heavy (non-hydrogen) atoms. The third-order valence-electron chi connectivity index (χ3n) is 11.9. The molecule has 0 unspecified atom stereocenters. The van der Waals surface area contributed by atoms with Gasteiger partial charge < -0.3 is 4.42 Å². The molecule has 0 aliphatic heterocycles. The zero-order valence-electron chi connectivity index (χ0n) is 35.1. The Morgan fingerprint density at radius 2 is 0.953 bits per heavy atom. The Morgan fingerprint density at radius 3 is 1.58 bits per heavy atom. The number of para-hydroxylation sites is 2. The maximum Gasteiger partial charge on any atom is 0.164 e. The second-order valence-corrected chi connectivity index (χ2v) is 15.9. The molecule has 0 aliphatic rings. The van der Waals surface area contributed by atoms with Crippen LogP contribution < -0.4 is 0 Å². The highest BCUT2D eigenvalue weighted by atomic mass is 16.3. The predicted molar refractivity (Wildman–Crippen MR) is 266 cm³/mol. The van der Waals surface area contributed by atoms with Crippen LogP contribution in [-0.2, 0) is 0 Å². The Labute approximate surface area is 371 Å². The highest BCUT2D eigenvalue weighted by Crippen LogP contribution is 2.46. The minimum atomic E-state index is 0.590. The molecule has 0 saturated heterocycles. The summed E-state index contributed by atoms with van der Waals surface area (Å²) in [6, 6.07) is 65.5. The zero-order valence-corrected chi connectivity index (χ0v) is 35.1. The number of allylic oxidation sites excluding steroid dienone is 5. The van der Waals surface area contributed by atoms with Crippen molar-refractivity contribution in [2.45, 2.75) is 6.92 Å². The van der Waals surface area contributed by atoms with E-state index in [-0.39, 0.29) is 0 Å². The Morgan fingerprint density at radius 1 is 0.438 bits per heavy atom. The lowest BCUT2D eigenvalue weighted by atomic mass is 9.89. The van der Waals surface area contributed by atoms with E-state index in [9.17, 15) is 0 Å². The van der Waals surface area contributed by atoms with Gasteiger partial charge in [0, 0.05) is 49.2 Å². The number of aromatic nitrogens is 4. The van der Waals surface area contributed by atoms with Crippen LogP contribution in [-0.4, -0.2) is 19.9 Å². The van der Waals surface area contributed by atoms with Crippen LogP contribution in [0.4, 0.5) is 0 Å².